The summed E-state index contributed by atoms with van der Waals surface area (Å²) in [5.41, 5.74) is 4.83. The number of rotatable bonds is 11. The highest BCUT2D eigenvalue weighted by atomic mass is 16.5. The number of nitrogens with zero attached hydrogens (tertiary/aromatic N) is 1. The molecule has 2 amide bonds. The van der Waals surface area contributed by atoms with Gasteiger partial charge in [0, 0.05) is 25.5 Å². The van der Waals surface area contributed by atoms with Gasteiger partial charge in [0.15, 0.2) is 11.5 Å². The molecule has 1 heterocycles. The van der Waals surface area contributed by atoms with Crippen LogP contribution < -0.4 is 35.6 Å². The van der Waals surface area contributed by atoms with Crippen molar-refractivity contribution in [2.45, 2.75) is 52.1 Å². The Morgan fingerprint density at radius 3 is 2.46 bits per heavy atom. The van der Waals surface area contributed by atoms with Gasteiger partial charge in [-0.3, -0.25) is 14.4 Å². The van der Waals surface area contributed by atoms with E-state index in [1.54, 1.807) is 33.5 Å². The number of carbonyl (C=O) groups excluding carboxylic acids is 2. The summed E-state index contributed by atoms with van der Waals surface area (Å²) in [4.78, 5) is 47.3. The van der Waals surface area contributed by atoms with Crippen LogP contribution >= 0.6 is 0 Å². The molecule has 4 aromatic rings. The second kappa shape index (κ2) is 13.9. The molecular weight excluding hydrogens is 586 g/mol. The number of hydrogen-bond acceptors (Lipinski definition) is 8. The van der Waals surface area contributed by atoms with Crippen molar-refractivity contribution in [3.8, 4) is 28.4 Å². The lowest BCUT2D eigenvalue weighted by atomic mass is 9.95. The lowest BCUT2D eigenvalue weighted by molar-refractivity contribution is -0.122. The van der Waals surface area contributed by atoms with Crippen LogP contribution in [0.3, 0.4) is 0 Å². The first kappa shape index (κ1) is 32.3. The zero-order valence-corrected chi connectivity index (χ0v) is 27.1. The van der Waals surface area contributed by atoms with Crippen LogP contribution in [0.2, 0.25) is 0 Å². The number of aromatic nitrogens is 2. The monoisotopic (exact) mass is 627 g/mol. The van der Waals surface area contributed by atoms with E-state index in [4.69, 9.17) is 14.2 Å². The number of H-pyrrole nitrogens is 1. The highest BCUT2D eigenvalue weighted by Gasteiger charge is 2.30. The standard InChI is InChI=1S/C35H41N5O6/c1-19(2)32(35(43)36-16-15-30-38-25-9-7-8-10-26(25)39-30)40-27-14-12-22-23(18-28(27)42)24(37-20(3)41)13-11-21-17-29(44-4)33(45-5)34(46-6)31(21)22/h7-10,12,14,17-19,24,32H,11,13,15-16H2,1-6H3,(H,36,43)(H,37,41)(H,38,39)(H,40,42)/t24-,32-/m1/s1. The van der Waals surface area contributed by atoms with E-state index in [-0.39, 0.29) is 28.8 Å². The Bertz CT molecular complexity index is 1780. The number of carbonyl (C=O) groups is 2. The molecule has 5 rings (SSSR count). The normalized spacial score (nSPS) is 14.5. The lowest BCUT2D eigenvalue weighted by Crippen LogP contribution is -2.44. The van der Waals surface area contributed by atoms with Crippen LogP contribution in [0, 0.1) is 5.92 Å². The fourth-order valence-electron chi connectivity index (χ4n) is 6.07. The molecule has 11 nitrogen and oxygen atoms in total. The zero-order valence-electron chi connectivity index (χ0n) is 27.1. The van der Waals surface area contributed by atoms with Gasteiger partial charge in [0.2, 0.25) is 23.0 Å². The van der Waals surface area contributed by atoms with Gasteiger partial charge in [-0.1, -0.05) is 32.0 Å². The molecule has 1 aliphatic rings. The number of nitrogens with one attached hydrogen (secondary N) is 4. The molecule has 1 aliphatic carbocycles. The Morgan fingerprint density at radius 1 is 1.02 bits per heavy atom. The van der Waals surface area contributed by atoms with Gasteiger partial charge >= 0.3 is 0 Å². The van der Waals surface area contributed by atoms with E-state index in [1.807, 2.05) is 50.2 Å². The molecule has 1 aromatic heterocycles. The average Bonchev–Trinajstić information content (AvgIpc) is 3.31. The third-order valence-electron chi connectivity index (χ3n) is 8.28. The van der Waals surface area contributed by atoms with Crippen LogP contribution in [0.25, 0.3) is 22.2 Å². The molecule has 0 saturated carbocycles. The van der Waals surface area contributed by atoms with Crippen LogP contribution in [-0.4, -0.2) is 55.7 Å². The minimum absolute atomic E-state index is 0.126. The van der Waals surface area contributed by atoms with Crippen molar-refractivity contribution in [2.75, 3.05) is 33.2 Å². The number of ether oxygens (including phenoxy) is 3. The average molecular weight is 628 g/mol. The van der Waals surface area contributed by atoms with Crippen LogP contribution in [0.1, 0.15) is 50.2 Å². The fourth-order valence-corrected chi connectivity index (χ4v) is 6.07. The summed E-state index contributed by atoms with van der Waals surface area (Å²) < 4.78 is 17.1. The fraction of sp³-hybridized carbons (Fsp3) is 0.371. The van der Waals surface area contributed by atoms with Gasteiger partial charge in [-0.2, -0.15) is 0 Å². The SMILES string of the molecule is COc1cc2c(c(OC)c1OC)-c1ccc(N[C@@H](C(=O)NCCc3nc4ccccc4[nH]3)C(C)C)c(=O)cc1[C@H](NC(C)=O)CC2. The first-order valence-corrected chi connectivity index (χ1v) is 15.4. The van der Waals surface area contributed by atoms with Gasteiger partial charge in [-0.15, -0.1) is 0 Å². The minimum Gasteiger partial charge on any atom is -0.493 e. The Balaban J connectivity index is 1.48. The van der Waals surface area contributed by atoms with Crippen molar-refractivity contribution in [3.05, 3.63) is 75.7 Å². The van der Waals surface area contributed by atoms with Crippen LogP contribution in [0.4, 0.5) is 5.69 Å². The predicted octanol–water partition coefficient (Wildman–Crippen LogP) is 4.53. The van der Waals surface area contributed by atoms with Crippen LogP contribution in [0.15, 0.2) is 53.3 Å². The molecule has 4 N–H and O–H groups in total. The number of hydrogen-bond donors (Lipinski definition) is 4. The maximum absolute atomic E-state index is 13.8. The molecule has 0 unspecified atom stereocenters. The first-order valence-electron chi connectivity index (χ1n) is 15.4. The summed E-state index contributed by atoms with van der Waals surface area (Å²) >= 11 is 0. The number of fused-ring (bicyclic) bond motifs is 4. The molecule has 0 bridgehead atoms. The maximum atomic E-state index is 13.8. The number of para-hydroxylation sites is 2. The van der Waals surface area contributed by atoms with Crippen molar-refractivity contribution in [1.82, 2.24) is 20.6 Å². The van der Waals surface area contributed by atoms with Crippen molar-refractivity contribution >= 4 is 28.5 Å². The second-order valence-electron chi connectivity index (χ2n) is 11.7. The van der Waals surface area contributed by atoms with Gasteiger partial charge < -0.3 is 35.1 Å². The van der Waals surface area contributed by atoms with E-state index >= 15 is 0 Å². The van der Waals surface area contributed by atoms with E-state index in [9.17, 15) is 14.4 Å². The summed E-state index contributed by atoms with van der Waals surface area (Å²) in [6, 6.07) is 13.6. The summed E-state index contributed by atoms with van der Waals surface area (Å²) in [5.74, 6) is 1.65. The van der Waals surface area contributed by atoms with E-state index in [1.165, 1.54) is 6.92 Å². The number of amides is 2. The lowest BCUT2D eigenvalue weighted by Gasteiger charge is -2.22. The molecule has 242 valence electrons. The molecule has 0 radical (unpaired) electrons. The quantitative estimate of drug-likeness (QED) is 0.190. The Labute approximate surface area is 268 Å². The molecule has 0 spiro atoms. The highest BCUT2D eigenvalue weighted by Crippen LogP contribution is 2.50. The first-order chi connectivity index (χ1) is 22.1. The largest absolute Gasteiger partial charge is 0.493 e. The minimum atomic E-state index is -0.678. The summed E-state index contributed by atoms with van der Waals surface area (Å²) in [5, 5.41) is 9.22. The predicted molar refractivity (Wildman–Crippen MR) is 178 cm³/mol. The van der Waals surface area contributed by atoms with Gasteiger partial charge in [0.1, 0.15) is 11.9 Å². The Hall–Kier alpha value is -5.06. The van der Waals surface area contributed by atoms with E-state index < -0.39 is 12.1 Å². The van der Waals surface area contributed by atoms with Crippen molar-refractivity contribution in [3.63, 3.8) is 0 Å². The summed E-state index contributed by atoms with van der Waals surface area (Å²) in [6.45, 7) is 5.68. The Morgan fingerprint density at radius 2 is 1.78 bits per heavy atom. The zero-order chi connectivity index (χ0) is 33.0. The molecule has 11 heteroatoms. The Kier molecular flexibility index (Phi) is 9.79. The van der Waals surface area contributed by atoms with Gasteiger partial charge in [0.05, 0.1) is 44.1 Å². The number of imidazole rings is 1. The molecule has 46 heavy (non-hydrogen) atoms. The molecule has 0 fully saturated rings. The van der Waals surface area contributed by atoms with Gasteiger partial charge in [0.25, 0.3) is 0 Å². The number of aryl methyl sites for hydroxylation is 1. The van der Waals surface area contributed by atoms with Gasteiger partial charge in [-0.25, -0.2) is 4.98 Å². The van der Waals surface area contributed by atoms with Crippen molar-refractivity contribution < 1.29 is 23.8 Å². The molecule has 0 saturated heterocycles. The summed E-state index contributed by atoms with van der Waals surface area (Å²) in [6.07, 6.45) is 1.68. The van der Waals surface area contributed by atoms with E-state index in [2.05, 4.69) is 25.9 Å². The third kappa shape index (κ3) is 6.63. The number of aromatic amines is 1. The van der Waals surface area contributed by atoms with Gasteiger partial charge in [-0.05, 0) is 65.8 Å². The molecule has 3 aromatic carbocycles. The second-order valence-corrected chi connectivity index (χ2v) is 11.7. The summed E-state index contributed by atoms with van der Waals surface area (Å²) in [7, 11) is 4.67. The van der Waals surface area contributed by atoms with E-state index in [0.29, 0.717) is 54.2 Å². The smallest absolute Gasteiger partial charge is 0.242 e. The van der Waals surface area contributed by atoms with E-state index in [0.717, 1.165) is 28.0 Å². The van der Waals surface area contributed by atoms with Crippen molar-refractivity contribution in [1.29, 1.82) is 0 Å². The van der Waals surface area contributed by atoms with Crippen LogP contribution in [-0.2, 0) is 22.4 Å². The third-order valence-corrected chi connectivity index (χ3v) is 8.28. The number of anilines is 1. The maximum Gasteiger partial charge on any atom is 0.242 e. The molecule has 0 aliphatic heterocycles. The van der Waals surface area contributed by atoms with Crippen LogP contribution in [0.5, 0.6) is 17.2 Å². The van der Waals surface area contributed by atoms with Crippen molar-refractivity contribution in [2.24, 2.45) is 5.92 Å². The number of methoxy groups -OCH3 is 3. The molecular formula is C35H41N5O6. The topological polar surface area (TPSA) is 144 Å². The molecule has 2 atom stereocenters. The number of benzene rings is 2. The highest BCUT2D eigenvalue weighted by molar-refractivity contribution is 5.86.